The fraction of sp³-hybridized carbons (Fsp3) is 0.632. The third-order valence-electron chi connectivity index (χ3n) is 5.58. The molecule has 0 bridgehead atoms. The highest BCUT2D eigenvalue weighted by atomic mass is 32.2. The number of hydrogen-bond acceptors (Lipinski definition) is 7. The Morgan fingerprint density at radius 1 is 1.37 bits per heavy atom. The van der Waals surface area contributed by atoms with Crippen molar-refractivity contribution < 1.29 is 17.6 Å². The van der Waals surface area contributed by atoms with Crippen molar-refractivity contribution in [3.8, 4) is 6.07 Å². The van der Waals surface area contributed by atoms with Crippen molar-refractivity contribution in [2.24, 2.45) is 0 Å². The summed E-state index contributed by atoms with van der Waals surface area (Å²) in [5.74, 6) is 0.466. The fourth-order valence-electron chi connectivity index (χ4n) is 3.75. The lowest BCUT2D eigenvalue weighted by Gasteiger charge is -2.33. The predicted octanol–water partition coefficient (Wildman–Crippen LogP) is 0.353. The topological polar surface area (TPSA) is 110 Å². The molecular weight excluding hydrogens is 411 g/mol. The van der Waals surface area contributed by atoms with Gasteiger partial charge in [0.15, 0.2) is 0 Å². The summed E-state index contributed by atoms with van der Waals surface area (Å²) in [6.45, 7) is 1.51. The minimum absolute atomic E-state index is 0.0115. The van der Waals surface area contributed by atoms with E-state index in [-0.39, 0.29) is 36.4 Å². The molecule has 0 aromatic carbocycles. The van der Waals surface area contributed by atoms with E-state index in [4.69, 9.17) is 5.26 Å². The zero-order chi connectivity index (χ0) is 21.9. The molecule has 1 aromatic heterocycles. The number of carbonyl (C=O) groups excluding carboxylic acids is 1. The highest BCUT2D eigenvalue weighted by Gasteiger charge is 2.35. The number of pyridine rings is 1. The Labute approximate surface area is 176 Å². The van der Waals surface area contributed by atoms with Gasteiger partial charge in [-0.25, -0.2) is 22.1 Å². The van der Waals surface area contributed by atoms with Crippen molar-refractivity contribution in [2.45, 2.75) is 42.4 Å². The SMILES string of the molecule is CN(C)S(=O)(=O)c1ccc(N2CCC(NCC(=O)N3C[C@@H](F)C[C@H]3C#N)CC2)nc1. The van der Waals surface area contributed by atoms with Gasteiger partial charge in [-0.3, -0.25) is 4.79 Å². The molecule has 0 saturated carbocycles. The van der Waals surface area contributed by atoms with Crippen LogP contribution in [0.1, 0.15) is 19.3 Å². The standard InChI is InChI=1S/C19H27FN6O3S/c1-24(2)30(28,29)17-3-4-18(23-11-17)25-7-5-15(6-8-25)22-12-19(27)26-13-14(20)9-16(26)10-21/h3-4,11,14-16,22H,5-9,12-13H2,1-2H3/t14-,16-/m0/s1. The quantitative estimate of drug-likeness (QED) is 0.683. The van der Waals surface area contributed by atoms with Crippen molar-refractivity contribution in [3.05, 3.63) is 18.3 Å². The first-order chi connectivity index (χ1) is 14.2. The molecule has 164 valence electrons. The van der Waals surface area contributed by atoms with Crippen LogP contribution in [0.5, 0.6) is 0 Å². The van der Waals surface area contributed by atoms with Gasteiger partial charge in [0.2, 0.25) is 15.9 Å². The van der Waals surface area contributed by atoms with Gasteiger partial charge in [-0.1, -0.05) is 0 Å². The molecule has 9 nitrogen and oxygen atoms in total. The van der Waals surface area contributed by atoms with Crippen LogP contribution in [0.2, 0.25) is 0 Å². The van der Waals surface area contributed by atoms with Crippen LogP contribution in [0, 0.1) is 11.3 Å². The van der Waals surface area contributed by atoms with Gasteiger partial charge in [-0.2, -0.15) is 5.26 Å². The number of anilines is 1. The van der Waals surface area contributed by atoms with E-state index in [1.54, 1.807) is 12.1 Å². The maximum atomic E-state index is 13.5. The summed E-state index contributed by atoms with van der Waals surface area (Å²) in [5.41, 5.74) is 0. The molecule has 1 amide bonds. The van der Waals surface area contributed by atoms with Crippen LogP contribution in [0.3, 0.4) is 0 Å². The molecule has 2 aliphatic rings. The average molecular weight is 439 g/mol. The van der Waals surface area contributed by atoms with Crippen LogP contribution in [0.15, 0.2) is 23.2 Å². The highest BCUT2D eigenvalue weighted by molar-refractivity contribution is 7.89. The van der Waals surface area contributed by atoms with E-state index >= 15 is 0 Å². The lowest BCUT2D eigenvalue weighted by atomic mass is 10.0. The first-order valence-electron chi connectivity index (χ1n) is 9.92. The van der Waals surface area contributed by atoms with Crippen LogP contribution >= 0.6 is 0 Å². The molecule has 0 unspecified atom stereocenters. The number of likely N-dealkylation sites (tertiary alicyclic amines) is 1. The van der Waals surface area contributed by atoms with Gasteiger partial charge in [-0.05, 0) is 25.0 Å². The molecule has 2 aliphatic heterocycles. The molecule has 3 rings (SSSR count). The first kappa shape index (κ1) is 22.4. The Morgan fingerprint density at radius 3 is 2.63 bits per heavy atom. The third-order valence-corrected chi connectivity index (χ3v) is 7.38. The van der Waals surface area contributed by atoms with Crippen LogP contribution < -0.4 is 10.2 Å². The lowest BCUT2D eigenvalue weighted by Crippen LogP contribution is -2.47. The normalized spacial score (nSPS) is 23.0. The summed E-state index contributed by atoms with van der Waals surface area (Å²) in [4.78, 5) is 20.2. The van der Waals surface area contributed by atoms with Crippen LogP contribution in [0.25, 0.3) is 0 Å². The maximum Gasteiger partial charge on any atom is 0.244 e. The maximum absolute atomic E-state index is 13.5. The zero-order valence-electron chi connectivity index (χ0n) is 17.2. The van der Waals surface area contributed by atoms with E-state index in [0.29, 0.717) is 5.82 Å². The largest absolute Gasteiger partial charge is 0.357 e. The van der Waals surface area contributed by atoms with E-state index in [0.717, 1.165) is 30.2 Å². The second kappa shape index (κ2) is 9.24. The Kier molecular flexibility index (Phi) is 6.90. The number of aromatic nitrogens is 1. The number of halogens is 1. The molecule has 0 aliphatic carbocycles. The summed E-state index contributed by atoms with van der Waals surface area (Å²) in [5, 5.41) is 12.3. The molecule has 0 radical (unpaired) electrons. The number of rotatable bonds is 6. The number of sulfonamides is 1. The average Bonchev–Trinajstić information content (AvgIpc) is 3.13. The molecular formula is C19H27FN6O3S. The molecule has 0 spiro atoms. The van der Waals surface area contributed by atoms with E-state index in [2.05, 4.69) is 15.2 Å². The number of carbonyl (C=O) groups is 1. The number of nitrogens with zero attached hydrogens (tertiary/aromatic N) is 5. The van der Waals surface area contributed by atoms with Crippen molar-refractivity contribution in [1.29, 1.82) is 5.26 Å². The number of nitrogens with one attached hydrogen (secondary N) is 1. The molecule has 2 saturated heterocycles. The summed E-state index contributed by atoms with van der Waals surface area (Å²) in [6.07, 6.45) is 1.91. The fourth-order valence-corrected chi connectivity index (χ4v) is 4.60. The zero-order valence-corrected chi connectivity index (χ0v) is 18.0. The van der Waals surface area contributed by atoms with Crippen molar-refractivity contribution >= 4 is 21.7 Å². The number of piperidine rings is 1. The molecule has 1 N–H and O–H groups in total. The van der Waals surface area contributed by atoms with Gasteiger partial charge in [0.05, 0.1) is 19.2 Å². The predicted molar refractivity (Wildman–Crippen MR) is 109 cm³/mol. The third kappa shape index (κ3) is 4.88. The number of amides is 1. The van der Waals surface area contributed by atoms with Crippen LogP contribution in [0.4, 0.5) is 10.2 Å². The summed E-state index contributed by atoms with van der Waals surface area (Å²) < 4.78 is 38.9. The lowest BCUT2D eigenvalue weighted by molar-refractivity contribution is -0.130. The molecule has 1 aromatic rings. The summed E-state index contributed by atoms with van der Waals surface area (Å²) in [6, 6.07) is 4.71. The smallest absolute Gasteiger partial charge is 0.244 e. The first-order valence-corrected chi connectivity index (χ1v) is 11.4. The molecule has 30 heavy (non-hydrogen) atoms. The van der Waals surface area contributed by atoms with Gasteiger partial charge >= 0.3 is 0 Å². The van der Waals surface area contributed by atoms with Gasteiger partial charge in [-0.15, -0.1) is 0 Å². The Balaban J connectivity index is 1.48. The van der Waals surface area contributed by atoms with Crippen molar-refractivity contribution in [3.63, 3.8) is 0 Å². The van der Waals surface area contributed by atoms with Crippen molar-refractivity contribution in [1.82, 2.24) is 19.5 Å². The Hall–Kier alpha value is -2.29. The van der Waals surface area contributed by atoms with Crippen LogP contribution in [-0.4, -0.2) is 87.0 Å². The minimum atomic E-state index is -3.50. The van der Waals surface area contributed by atoms with E-state index in [9.17, 15) is 17.6 Å². The monoisotopic (exact) mass is 438 g/mol. The Bertz CT molecular complexity index is 894. The van der Waals surface area contributed by atoms with Gasteiger partial charge < -0.3 is 15.1 Å². The van der Waals surface area contributed by atoms with Crippen molar-refractivity contribution in [2.75, 3.05) is 45.2 Å². The number of nitriles is 1. The molecule has 3 heterocycles. The second-order valence-corrected chi connectivity index (χ2v) is 9.96. The van der Waals surface area contributed by atoms with E-state index in [1.807, 2.05) is 6.07 Å². The Morgan fingerprint density at radius 2 is 2.07 bits per heavy atom. The summed E-state index contributed by atoms with van der Waals surface area (Å²) in [7, 11) is -0.546. The summed E-state index contributed by atoms with van der Waals surface area (Å²) >= 11 is 0. The van der Waals surface area contributed by atoms with E-state index in [1.165, 1.54) is 25.2 Å². The second-order valence-electron chi connectivity index (χ2n) is 7.81. The van der Waals surface area contributed by atoms with Gasteiger partial charge in [0.25, 0.3) is 0 Å². The molecule has 2 atom stereocenters. The van der Waals surface area contributed by atoms with Gasteiger partial charge in [0.1, 0.15) is 22.9 Å². The number of hydrogen-bond donors (Lipinski definition) is 1. The van der Waals surface area contributed by atoms with E-state index < -0.39 is 22.2 Å². The minimum Gasteiger partial charge on any atom is -0.357 e. The highest BCUT2D eigenvalue weighted by Crippen LogP contribution is 2.22. The molecule has 2 fully saturated rings. The van der Waals surface area contributed by atoms with Gasteiger partial charge in [0, 0.05) is 45.8 Å². The molecule has 11 heteroatoms. The number of alkyl halides is 1. The van der Waals surface area contributed by atoms with Crippen LogP contribution in [-0.2, 0) is 14.8 Å².